The van der Waals surface area contributed by atoms with E-state index in [-0.39, 0.29) is 18.4 Å². The summed E-state index contributed by atoms with van der Waals surface area (Å²) in [4.78, 5) is 13.3. The Morgan fingerprint density at radius 3 is 2.43 bits per heavy atom. The number of carbonyl (C=O) groups excluding carboxylic acids is 1. The van der Waals surface area contributed by atoms with Crippen LogP contribution < -0.4 is 5.73 Å². The van der Waals surface area contributed by atoms with Gasteiger partial charge in [-0.25, -0.2) is 0 Å². The molecule has 1 atom stereocenters. The molecule has 0 aliphatic rings. The van der Waals surface area contributed by atoms with Gasteiger partial charge in [0.1, 0.15) is 0 Å². The van der Waals surface area contributed by atoms with Gasteiger partial charge in [-0.15, -0.1) is 0 Å². The van der Waals surface area contributed by atoms with Crippen LogP contribution in [0.2, 0.25) is 0 Å². The Kier molecular flexibility index (Phi) is 5.08. The van der Waals surface area contributed by atoms with E-state index in [1.165, 1.54) is 0 Å². The number of hydrogen-bond acceptors (Lipinski definition) is 3. The summed E-state index contributed by atoms with van der Waals surface area (Å²) in [5, 5.41) is 9.09. The lowest BCUT2D eigenvalue weighted by molar-refractivity contribution is -0.136. The largest absolute Gasteiger partial charge is 0.394 e. The summed E-state index contributed by atoms with van der Waals surface area (Å²) in [6.45, 7) is 6.08. The minimum atomic E-state index is -0.495. The molecule has 0 rings (SSSR count). The zero-order valence-corrected chi connectivity index (χ0v) is 9.58. The molecular weight excluding hydrogens is 180 g/mol. The molecule has 84 valence electrons. The first-order chi connectivity index (χ1) is 6.35. The van der Waals surface area contributed by atoms with Crippen molar-refractivity contribution < 1.29 is 9.90 Å². The Morgan fingerprint density at radius 2 is 2.07 bits per heavy atom. The number of aliphatic hydroxyl groups is 1. The van der Waals surface area contributed by atoms with Crippen LogP contribution in [0.4, 0.5) is 0 Å². The second-order valence-corrected chi connectivity index (χ2v) is 4.47. The Hall–Kier alpha value is -0.610. The molecule has 0 bridgehead atoms. The summed E-state index contributed by atoms with van der Waals surface area (Å²) in [6, 6.07) is 0. The molecule has 0 aliphatic heterocycles. The smallest absolute Gasteiger partial charge is 0.223 e. The van der Waals surface area contributed by atoms with Crippen LogP contribution in [0.5, 0.6) is 0 Å². The zero-order chi connectivity index (χ0) is 11.4. The first kappa shape index (κ1) is 13.4. The first-order valence-corrected chi connectivity index (χ1v) is 4.92. The van der Waals surface area contributed by atoms with Crippen LogP contribution in [0.25, 0.3) is 0 Å². The van der Waals surface area contributed by atoms with Crippen LogP contribution >= 0.6 is 0 Å². The van der Waals surface area contributed by atoms with E-state index < -0.39 is 5.54 Å². The SMILES string of the molecule is CC(CN)CC(=O)N(C)C(C)(C)CO. The van der Waals surface area contributed by atoms with Crippen molar-refractivity contribution in [3.63, 3.8) is 0 Å². The number of nitrogens with two attached hydrogens (primary N) is 1. The summed E-state index contributed by atoms with van der Waals surface area (Å²) in [5.74, 6) is 0.224. The minimum absolute atomic E-state index is 0.0296. The fraction of sp³-hybridized carbons (Fsp3) is 0.900. The normalized spacial score (nSPS) is 13.9. The van der Waals surface area contributed by atoms with Crippen molar-refractivity contribution in [3.05, 3.63) is 0 Å². The molecule has 0 radical (unpaired) electrons. The van der Waals surface area contributed by atoms with Crippen LogP contribution in [0.1, 0.15) is 27.2 Å². The van der Waals surface area contributed by atoms with E-state index >= 15 is 0 Å². The fourth-order valence-electron chi connectivity index (χ4n) is 0.962. The lowest BCUT2D eigenvalue weighted by Crippen LogP contribution is -2.48. The third kappa shape index (κ3) is 3.64. The summed E-state index contributed by atoms with van der Waals surface area (Å²) in [7, 11) is 1.71. The minimum Gasteiger partial charge on any atom is -0.394 e. The highest BCUT2D eigenvalue weighted by Gasteiger charge is 2.27. The maximum atomic E-state index is 11.7. The van der Waals surface area contributed by atoms with Gasteiger partial charge >= 0.3 is 0 Å². The number of hydrogen-bond donors (Lipinski definition) is 2. The van der Waals surface area contributed by atoms with Gasteiger partial charge in [0.05, 0.1) is 12.1 Å². The lowest BCUT2D eigenvalue weighted by atomic mass is 10.0. The van der Waals surface area contributed by atoms with Crippen molar-refractivity contribution in [2.75, 3.05) is 20.2 Å². The molecule has 0 saturated heterocycles. The third-order valence-corrected chi connectivity index (χ3v) is 2.59. The topological polar surface area (TPSA) is 66.6 Å². The Morgan fingerprint density at radius 1 is 1.57 bits per heavy atom. The van der Waals surface area contributed by atoms with Crippen molar-refractivity contribution in [2.45, 2.75) is 32.7 Å². The van der Waals surface area contributed by atoms with Gasteiger partial charge in [0, 0.05) is 13.5 Å². The van der Waals surface area contributed by atoms with Crippen LogP contribution in [-0.2, 0) is 4.79 Å². The summed E-state index contributed by atoms with van der Waals surface area (Å²) >= 11 is 0. The van der Waals surface area contributed by atoms with E-state index in [1.807, 2.05) is 20.8 Å². The van der Waals surface area contributed by atoms with E-state index in [2.05, 4.69) is 0 Å². The average Bonchev–Trinajstić information content (AvgIpc) is 2.16. The Bertz CT molecular complexity index is 193. The first-order valence-electron chi connectivity index (χ1n) is 4.92. The second-order valence-electron chi connectivity index (χ2n) is 4.47. The molecule has 0 aromatic heterocycles. The molecule has 3 N–H and O–H groups in total. The van der Waals surface area contributed by atoms with Crippen LogP contribution in [0.3, 0.4) is 0 Å². The van der Waals surface area contributed by atoms with Gasteiger partial charge in [-0.1, -0.05) is 6.92 Å². The molecule has 1 amide bonds. The highest BCUT2D eigenvalue weighted by molar-refractivity contribution is 5.76. The highest BCUT2D eigenvalue weighted by Crippen LogP contribution is 2.14. The van der Waals surface area contributed by atoms with Crippen molar-refractivity contribution in [1.82, 2.24) is 4.90 Å². The Balaban J connectivity index is 4.25. The molecule has 0 aromatic rings. The molecule has 4 nitrogen and oxygen atoms in total. The quantitative estimate of drug-likeness (QED) is 0.669. The van der Waals surface area contributed by atoms with E-state index in [0.29, 0.717) is 13.0 Å². The van der Waals surface area contributed by atoms with E-state index in [4.69, 9.17) is 10.8 Å². The molecule has 0 aromatic carbocycles. The monoisotopic (exact) mass is 202 g/mol. The van der Waals surface area contributed by atoms with Crippen LogP contribution in [0.15, 0.2) is 0 Å². The van der Waals surface area contributed by atoms with Crippen LogP contribution in [-0.4, -0.2) is 41.7 Å². The Labute approximate surface area is 86.1 Å². The summed E-state index contributed by atoms with van der Waals surface area (Å²) < 4.78 is 0. The molecule has 0 heterocycles. The van der Waals surface area contributed by atoms with Gasteiger partial charge in [-0.05, 0) is 26.3 Å². The van der Waals surface area contributed by atoms with Crippen molar-refractivity contribution in [3.8, 4) is 0 Å². The van der Waals surface area contributed by atoms with Crippen molar-refractivity contribution in [2.24, 2.45) is 11.7 Å². The maximum Gasteiger partial charge on any atom is 0.223 e. The molecule has 1 unspecified atom stereocenters. The average molecular weight is 202 g/mol. The highest BCUT2D eigenvalue weighted by atomic mass is 16.3. The van der Waals surface area contributed by atoms with Gasteiger partial charge in [0.2, 0.25) is 5.91 Å². The van der Waals surface area contributed by atoms with Crippen LogP contribution in [0, 0.1) is 5.92 Å². The zero-order valence-electron chi connectivity index (χ0n) is 9.58. The number of aliphatic hydroxyl groups excluding tert-OH is 1. The number of likely N-dealkylation sites (N-methyl/N-ethyl adjacent to an activating group) is 1. The summed E-state index contributed by atoms with van der Waals surface area (Å²) in [5.41, 5.74) is 4.95. The standard InChI is InChI=1S/C10H22N2O2/c1-8(6-11)5-9(14)12(4)10(2,3)7-13/h8,13H,5-7,11H2,1-4H3. The third-order valence-electron chi connectivity index (χ3n) is 2.59. The number of nitrogens with zero attached hydrogens (tertiary/aromatic N) is 1. The van der Waals surface area contributed by atoms with Gasteiger partial charge in [0.15, 0.2) is 0 Å². The molecule has 0 aliphatic carbocycles. The van der Waals surface area contributed by atoms with E-state index in [0.717, 1.165) is 0 Å². The number of rotatable bonds is 5. The van der Waals surface area contributed by atoms with Crippen molar-refractivity contribution in [1.29, 1.82) is 0 Å². The van der Waals surface area contributed by atoms with Gasteiger partial charge in [-0.2, -0.15) is 0 Å². The van der Waals surface area contributed by atoms with E-state index in [1.54, 1.807) is 11.9 Å². The maximum absolute atomic E-state index is 11.7. The predicted molar refractivity (Wildman–Crippen MR) is 56.8 cm³/mol. The van der Waals surface area contributed by atoms with E-state index in [9.17, 15) is 4.79 Å². The number of amides is 1. The molecule has 4 heteroatoms. The van der Waals surface area contributed by atoms with Gasteiger partial charge in [0.25, 0.3) is 0 Å². The fourth-order valence-corrected chi connectivity index (χ4v) is 0.962. The van der Waals surface area contributed by atoms with Gasteiger partial charge < -0.3 is 15.7 Å². The van der Waals surface area contributed by atoms with Crippen molar-refractivity contribution >= 4 is 5.91 Å². The molecule has 0 saturated carbocycles. The summed E-state index contributed by atoms with van der Waals surface area (Å²) in [6.07, 6.45) is 0.441. The van der Waals surface area contributed by atoms with Gasteiger partial charge in [-0.3, -0.25) is 4.79 Å². The molecular formula is C10H22N2O2. The second kappa shape index (κ2) is 5.32. The molecule has 0 spiro atoms. The number of carbonyl (C=O) groups is 1. The molecule has 0 fully saturated rings. The lowest BCUT2D eigenvalue weighted by Gasteiger charge is -2.34. The predicted octanol–water partition coefficient (Wildman–Crippen LogP) is 0.201. The molecule has 14 heavy (non-hydrogen) atoms.